The Balaban J connectivity index is 0.00000561. The van der Waals surface area contributed by atoms with Gasteiger partial charge in [0.15, 0.2) is 0 Å². The zero-order valence-corrected chi connectivity index (χ0v) is 35.1. The molecule has 1 aliphatic carbocycles. The molecule has 1 unspecified atom stereocenters. The minimum absolute atomic E-state index is 0. The van der Waals surface area contributed by atoms with Crippen LogP contribution in [0, 0.1) is 37.5 Å². The molecule has 9 nitrogen and oxygen atoms in total. The van der Waals surface area contributed by atoms with Gasteiger partial charge in [0.25, 0.3) is 0 Å². The molecule has 54 heavy (non-hydrogen) atoms. The van der Waals surface area contributed by atoms with Gasteiger partial charge in [-0.15, -0.1) is 27.8 Å². The third-order valence-electron chi connectivity index (χ3n) is 12.1. The second-order valence-electron chi connectivity index (χ2n) is 15.3. The van der Waals surface area contributed by atoms with E-state index in [9.17, 15) is 14.7 Å². The maximum absolute atomic E-state index is 13.5. The summed E-state index contributed by atoms with van der Waals surface area (Å²) in [5.74, 6) is -1.84. The van der Waals surface area contributed by atoms with Crippen LogP contribution < -0.4 is 20.7 Å². The van der Waals surface area contributed by atoms with Gasteiger partial charge in [-0.3, -0.25) is 9.59 Å². The predicted molar refractivity (Wildman–Crippen MR) is 215 cm³/mol. The van der Waals surface area contributed by atoms with Gasteiger partial charge in [-0.2, -0.15) is 11.4 Å². The summed E-state index contributed by atoms with van der Waals surface area (Å²) < 4.78 is 11.0. The van der Waals surface area contributed by atoms with Crippen molar-refractivity contribution in [3.05, 3.63) is 95.4 Å². The minimum atomic E-state index is -1.14. The summed E-state index contributed by atoms with van der Waals surface area (Å²) in [5, 5.41) is 23.7. The van der Waals surface area contributed by atoms with E-state index >= 15 is 0 Å². The van der Waals surface area contributed by atoms with Crippen LogP contribution in [0.3, 0.4) is 0 Å². The molecule has 6 atom stereocenters. The standard InChI is InChI=1S/C44H56N4O5.Mg/c1-10-13-14-15-23(4)18-19-53-37(49)17-16-30-26(7)33-20-31-24(5)28(11-2)35(45-31)21-32-25(6)29(12-3)36(46-32)22-34-27(8)38-42(48-34)39(41(30)47-33)40(43(38)50)44(51)52-9;/h18,20-22,26,28,30,40-41,43,50H,10-17,19H2,1-9H3;/q-4;+2/b23-18+,33-20-,34-22-,35-21-;/t26-,28+,30-,40+,41?,43-;/m0./s1. The first-order valence-electron chi connectivity index (χ1n) is 19.6. The molecule has 0 amide bonds. The zero-order chi connectivity index (χ0) is 38.1. The van der Waals surface area contributed by atoms with Crippen LogP contribution in [-0.4, -0.2) is 59.9 Å². The van der Waals surface area contributed by atoms with E-state index in [-0.39, 0.29) is 59.8 Å². The Hall–Kier alpha value is -3.47. The molecule has 286 valence electrons. The van der Waals surface area contributed by atoms with Crippen molar-refractivity contribution in [1.82, 2.24) is 9.97 Å². The molecule has 4 aliphatic rings. The molecule has 1 saturated heterocycles. The van der Waals surface area contributed by atoms with Gasteiger partial charge in [0, 0.05) is 6.42 Å². The molecule has 8 bridgehead atoms. The van der Waals surface area contributed by atoms with Crippen molar-refractivity contribution in [1.29, 1.82) is 0 Å². The number of methoxy groups -OCH3 is 1. The summed E-state index contributed by atoms with van der Waals surface area (Å²) in [5.41, 5.74) is 11.3. The van der Waals surface area contributed by atoms with Crippen molar-refractivity contribution in [2.45, 2.75) is 119 Å². The molecule has 0 aromatic carbocycles. The number of aliphatic hydroxyl groups is 1. The molecule has 10 heteroatoms. The zero-order valence-electron chi connectivity index (χ0n) is 33.7. The van der Waals surface area contributed by atoms with Crippen molar-refractivity contribution in [2.75, 3.05) is 13.7 Å². The quantitative estimate of drug-likeness (QED) is 0.107. The summed E-state index contributed by atoms with van der Waals surface area (Å²) in [6.45, 7) is 17.2. The average Bonchev–Trinajstić information content (AvgIpc) is 3.87. The number of rotatable bonds is 12. The van der Waals surface area contributed by atoms with Crippen LogP contribution in [0.25, 0.3) is 28.4 Å². The second kappa shape index (κ2) is 17.5. The first kappa shape index (κ1) is 41.7. The van der Waals surface area contributed by atoms with Gasteiger partial charge in [0.05, 0.1) is 13.2 Å². The topological polar surface area (TPSA) is 129 Å². The first-order chi connectivity index (χ1) is 25.4. The van der Waals surface area contributed by atoms with Crippen molar-refractivity contribution < 1.29 is 24.2 Å². The summed E-state index contributed by atoms with van der Waals surface area (Å²) in [6, 6.07) is -0.517. The summed E-state index contributed by atoms with van der Waals surface area (Å²) >= 11 is 0. The van der Waals surface area contributed by atoms with E-state index in [0.717, 1.165) is 70.9 Å². The normalized spacial score (nSPS) is 26.9. The number of esters is 2. The Morgan fingerprint density at radius 2 is 1.72 bits per heavy atom. The number of ether oxygens (including phenoxy) is 2. The molecular weight excluding hydrogens is 689 g/mol. The molecule has 1 fully saturated rings. The molecule has 6 rings (SSSR count). The Kier molecular flexibility index (Phi) is 13.5. The number of hydrogen-bond donors (Lipinski definition) is 1. The average molecular weight is 745 g/mol. The third-order valence-corrected chi connectivity index (χ3v) is 12.1. The summed E-state index contributed by atoms with van der Waals surface area (Å²) in [4.78, 5) is 37.0. The SMILES string of the molecule is CCCCC/C(C)=C/COC(=O)CC[C@@H]1C2[N-]/C(=C\C3=C(C)[C@@H](CC)/C(=C/c4[n-]c(c(CC)c4C)/C=c4\[n-]c5c(c4C)[C@H](O)[C@H](C(=O)OC)C=52)[N-]3)[C@H]1C.[Mg+2]. The minimum Gasteiger partial charge on any atom is -0.681 e. The molecule has 0 spiro atoms. The Bertz CT molecular complexity index is 2010. The van der Waals surface area contributed by atoms with Gasteiger partial charge in [0.2, 0.25) is 0 Å². The van der Waals surface area contributed by atoms with Gasteiger partial charge in [0.1, 0.15) is 12.5 Å². The van der Waals surface area contributed by atoms with Crippen molar-refractivity contribution in [3.63, 3.8) is 0 Å². The van der Waals surface area contributed by atoms with Gasteiger partial charge in [-0.1, -0.05) is 98.2 Å². The maximum Gasteiger partial charge on any atom is 2.00 e. The van der Waals surface area contributed by atoms with E-state index in [1.807, 2.05) is 19.1 Å². The molecule has 1 N–H and O–H groups in total. The van der Waals surface area contributed by atoms with E-state index < -0.39 is 24.0 Å². The smallest absolute Gasteiger partial charge is 0.681 e. The number of unbranched alkanes of at least 4 members (excludes halogenated alkanes) is 2. The first-order valence-corrected chi connectivity index (χ1v) is 19.6. The van der Waals surface area contributed by atoms with E-state index in [1.165, 1.54) is 31.1 Å². The van der Waals surface area contributed by atoms with Crippen LogP contribution >= 0.6 is 0 Å². The molecular formula is C44H56MgN4O5-2. The number of hydrogen-bond acceptors (Lipinski definition) is 5. The van der Waals surface area contributed by atoms with Crippen molar-refractivity contribution in [2.24, 2.45) is 23.7 Å². The van der Waals surface area contributed by atoms with Crippen LogP contribution in [0.15, 0.2) is 40.4 Å². The molecule has 0 radical (unpaired) electrons. The van der Waals surface area contributed by atoms with Crippen LogP contribution in [0.4, 0.5) is 0 Å². The number of nitrogens with zero attached hydrogens (tertiary/aromatic N) is 4. The van der Waals surface area contributed by atoms with E-state index in [1.54, 1.807) is 0 Å². The largest absolute Gasteiger partial charge is 2.00 e. The third kappa shape index (κ3) is 7.80. The van der Waals surface area contributed by atoms with E-state index in [0.29, 0.717) is 28.3 Å². The number of fused-ring (bicyclic) bond motifs is 8. The van der Waals surface area contributed by atoms with Gasteiger partial charge >= 0.3 is 35.0 Å². The van der Waals surface area contributed by atoms with Gasteiger partial charge in [-0.05, 0) is 89.2 Å². The summed E-state index contributed by atoms with van der Waals surface area (Å²) in [7, 11) is 1.35. The summed E-state index contributed by atoms with van der Waals surface area (Å²) in [6.07, 6.45) is 14.0. The number of aliphatic hydroxyl groups excluding tert-OH is 1. The Morgan fingerprint density at radius 1 is 0.963 bits per heavy atom. The number of carbonyl (C=O) groups excluding carboxylic acids is 2. The maximum atomic E-state index is 13.5. The Labute approximate surface area is 337 Å². The van der Waals surface area contributed by atoms with Gasteiger partial charge < -0.3 is 35.2 Å². The fourth-order valence-corrected chi connectivity index (χ4v) is 8.87. The van der Waals surface area contributed by atoms with Crippen LogP contribution in [0.1, 0.15) is 126 Å². The van der Waals surface area contributed by atoms with E-state index in [4.69, 9.17) is 30.1 Å². The predicted octanol–water partition coefficient (Wildman–Crippen LogP) is 7.00. The van der Waals surface area contributed by atoms with Crippen LogP contribution in [-0.2, 0) is 25.5 Å². The fourth-order valence-electron chi connectivity index (χ4n) is 8.87. The number of aromatic nitrogens is 2. The van der Waals surface area contributed by atoms with Gasteiger partial charge in [-0.25, -0.2) is 0 Å². The molecule has 5 heterocycles. The Morgan fingerprint density at radius 3 is 2.41 bits per heavy atom. The van der Waals surface area contributed by atoms with Crippen molar-refractivity contribution in [3.8, 4) is 0 Å². The molecule has 0 saturated carbocycles. The van der Waals surface area contributed by atoms with Crippen molar-refractivity contribution >= 4 is 52.7 Å². The monoisotopic (exact) mass is 744 g/mol. The van der Waals surface area contributed by atoms with E-state index in [2.05, 4.69) is 60.6 Å². The second-order valence-corrected chi connectivity index (χ2v) is 15.3. The molecule has 2 aromatic heterocycles. The van der Waals surface area contributed by atoms with Crippen LogP contribution in [0.2, 0.25) is 0 Å². The number of allylic oxidation sites excluding steroid dienone is 4. The molecule has 2 aromatic rings. The number of carbonyl (C=O) groups is 2. The van der Waals surface area contributed by atoms with Crippen LogP contribution in [0.5, 0.6) is 0 Å². The fraction of sp³-hybridized carbons (Fsp3) is 0.545. The molecule has 3 aliphatic heterocycles.